The summed E-state index contributed by atoms with van der Waals surface area (Å²) in [6.45, 7) is 0. The zero-order chi connectivity index (χ0) is 9.97. The number of aromatic nitrogens is 1. The minimum atomic E-state index is 0.750. The van der Waals surface area contributed by atoms with Crippen molar-refractivity contribution in [1.82, 2.24) is 4.98 Å². The van der Waals surface area contributed by atoms with Crippen molar-refractivity contribution in [3.63, 3.8) is 0 Å². The van der Waals surface area contributed by atoms with Gasteiger partial charge in [0, 0.05) is 28.0 Å². The van der Waals surface area contributed by atoms with Gasteiger partial charge in [-0.2, -0.15) is 0 Å². The summed E-state index contributed by atoms with van der Waals surface area (Å²) in [7, 11) is 0. The minimum Gasteiger partial charge on any atom is -0.397 e. The number of nitrogens with zero attached hydrogens (tertiary/aromatic N) is 1. The molecular formula is C11H9BrN2. The Morgan fingerprint density at radius 3 is 2.71 bits per heavy atom. The normalized spacial score (nSPS) is 10.1. The van der Waals surface area contributed by atoms with Gasteiger partial charge in [0.2, 0.25) is 0 Å². The van der Waals surface area contributed by atoms with Crippen LogP contribution in [0.3, 0.4) is 0 Å². The topological polar surface area (TPSA) is 38.9 Å². The highest BCUT2D eigenvalue weighted by Gasteiger charge is 2.04. The van der Waals surface area contributed by atoms with Gasteiger partial charge in [0.15, 0.2) is 0 Å². The van der Waals surface area contributed by atoms with Gasteiger partial charge in [-0.1, -0.05) is 18.2 Å². The van der Waals surface area contributed by atoms with Crippen LogP contribution in [0.4, 0.5) is 5.69 Å². The Balaban J connectivity index is 2.58. The number of nitrogen functional groups attached to an aromatic ring is 1. The van der Waals surface area contributed by atoms with Crippen molar-refractivity contribution in [2.24, 2.45) is 0 Å². The van der Waals surface area contributed by atoms with Gasteiger partial charge in [-0.05, 0) is 28.1 Å². The summed E-state index contributed by atoms with van der Waals surface area (Å²) in [5.41, 5.74) is 8.73. The van der Waals surface area contributed by atoms with Crippen molar-refractivity contribution >= 4 is 21.6 Å². The molecule has 0 saturated carbocycles. The van der Waals surface area contributed by atoms with Gasteiger partial charge in [-0.25, -0.2) is 0 Å². The van der Waals surface area contributed by atoms with E-state index in [2.05, 4.69) is 20.9 Å². The number of hydrogen-bond donors (Lipinski definition) is 1. The minimum absolute atomic E-state index is 0.750. The third-order valence-electron chi connectivity index (χ3n) is 2.03. The van der Waals surface area contributed by atoms with Gasteiger partial charge in [0.25, 0.3) is 0 Å². The first-order valence-electron chi connectivity index (χ1n) is 4.23. The largest absolute Gasteiger partial charge is 0.397 e. The number of nitrogens with two attached hydrogens (primary N) is 1. The summed E-state index contributed by atoms with van der Waals surface area (Å²) in [5, 5.41) is 0. The van der Waals surface area contributed by atoms with Crippen LogP contribution in [0.1, 0.15) is 0 Å². The molecule has 0 radical (unpaired) electrons. The second kappa shape index (κ2) is 3.80. The average Bonchev–Trinajstić information content (AvgIpc) is 2.23. The molecule has 0 aliphatic rings. The molecule has 0 unspecified atom stereocenters. The van der Waals surface area contributed by atoms with Crippen molar-refractivity contribution in [3.8, 4) is 11.1 Å². The van der Waals surface area contributed by atoms with Crippen LogP contribution in [0.25, 0.3) is 11.1 Å². The number of halogens is 1. The zero-order valence-electron chi connectivity index (χ0n) is 7.44. The summed E-state index contributed by atoms with van der Waals surface area (Å²) < 4.78 is 0.916. The number of rotatable bonds is 1. The van der Waals surface area contributed by atoms with Gasteiger partial charge in [0.05, 0.1) is 5.69 Å². The molecule has 2 rings (SSSR count). The summed E-state index contributed by atoms with van der Waals surface area (Å²) >= 11 is 3.40. The Morgan fingerprint density at radius 1 is 1.14 bits per heavy atom. The predicted octanol–water partition coefficient (Wildman–Crippen LogP) is 3.09. The van der Waals surface area contributed by atoms with E-state index in [1.165, 1.54) is 0 Å². The van der Waals surface area contributed by atoms with E-state index >= 15 is 0 Å². The standard InChI is InChI=1S/C11H9BrN2/c12-10-5-1-4-9(11(10)13)8-3-2-6-14-7-8/h1-7H,13H2. The Morgan fingerprint density at radius 2 is 2.00 bits per heavy atom. The molecule has 14 heavy (non-hydrogen) atoms. The highest BCUT2D eigenvalue weighted by Crippen LogP contribution is 2.30. The second-order valence-corrected chi connectivity index (χ2v) is 3.80. The summed E-state index contributed by atoms with van der Waals surface area (Å²) in [6.07, 6.45) is 3.55. The zero-order valence-corrected chi connectivity index (χ0v) is 9.03. The van der Waals surface area contributed by atoms with Crippen molar-refractivity contribution in [2.45, 2.75) is 0 Å². The first-order valence-corrected chi connectivity index (χ1v) is 5.03. The summed E-state index contributed by atoms with van der Waals surface area (Å²) in [4.78, 5) is 4.06. The van der Waals surface area contributed by atoms with Crippen LogP contribution < -0.4 is 5.73 Å². The lowest BCUT2D eigenvalue weighted by atomic mass is 10.1. The molecule has 0 spiro atoms. The van der Waals surface area contributed by atoms with Crippen LogP contribution in [-0.4, -0.2) is 4.98 Å². The van der Waals surface area contributed by atoms with Crippen LogP contribution in [0, 0.1) is 0 Å². The second-order valence-electron chi connectivity index (χ2n) is 2.94. The number of para-hydroxylation sites is 1. The van der Waals surface area contributed by atoms with E-state index in [4.69, 9.17) is 5.73 Å². The lowest BCUT2D eigenvalue weighted by molar-refractivity contribution is 1.33. The van der Waals surface area contributed by atoms with E-state index in [9.17, 15) is 0 Å². The smallest absolute Gasteiger partial charge is 0.0538 e. The first kappa shape index (κ1) is 9.21. The number of pyridine rings is 1. The van der Waals surface area contributed by atoms with Gasteiger partial charge >= 0.3 is 0 Å². The molecule has 2 aromatic rings. The lowest BCUT2D eigenvalue weighted by Crippen LogP contribution is -1.91. The van der Waals surface area contributed by atoms with Crippen molar-refractivity contribution < 1.29 is 0 Å². The maximum absolute atomic E-state index is 5.94. The Hall–Kier alpha value is -1.35. The molecule has 1 heterocycles. The van der Waals surface area contributed by atoms with E-state index < -0.39 is 0 Å². The molecule has 0 saturated heterocycles. The number of benzene rings is 1. The van der Waals surface area contributed by atoms with E-state index in [-0.39, 0.29) is 0 Å². The molecule has 0 fully saturated rings. The van der Waals surface area contributed by atoms with Crippen molar-refractivity contribution in [3.05, 3.63) is 47.2 Å². The van der Waals surface area contributed by atoms with E-state index in [1.807, 2.05) is 30.3 Å². The monoisotopic (exact) mass is 248 g/mol. The Bertz CT molecular complexity index is 440. The molecule has 2 nitrogen and oxygen atoms in total. The van der Waals surface area contributed by atoms with Gasteiger partial charge in [0.1, 0.15) is 0 Å². The molecule has 1 aromatic heterocycles. The Labute approximate surface area is 90.9 Å². The molecular weight excluding hydrogens is 240 g/mol. The number of hydrogen-bond acceptors (Lipinski definition) is 2. The predicted molar refractivity (Wildman–Crippen MR) is 61.8 cm³/mol. The van der Waals surface area contributed by atoms with Gasteiger partial charge < -0.3 is 5.73 Å². The van der Waals surface area contributed by atoms with E-state index in [0.717, 1.165) is 21.3 Å². The van der Waals surface area contributed by atoms with E-state index in [0.29, 0.717) is 0 Å². The van der Waals surface area contributed by atoms with Crippen LogP contribution in [0.2, 0.25) is 0 Å². The fourth-order valence-electron chi connectivity index (χ4n) is 1.31. The van der Waals surface area contributed by atoms with Crippen molar-refractivity contribution in [1.29, 1.82) is 0 Å². The van der Waals surface area contributed by atoms with Crippen LogP contribution in [0.5, 0.6) is 0 Å². The van der Waals surface area contributed by atoms with Crippen LogP contribution in [-0.2, 0) is 0 Å². The number of anilines is 1. The highest BCUT2D eigenvalue weighted by molar-refractivity contribution is 9.10. The third-order valence-corrected chi connectivity index (χ3v) is 2.72. The molecule has 70 valence electrons. The lowest BCUT2D eigenvalue weighted by Gasteiger charge is -2.06. The third kappa shape index (κ3) is 1.63. The van der Waals surface area contributed by atoms with Crippen molar-refractivity contribution in [2.75, 3.05) is 5.73 Å². The average molecular weight is 249 g/mol. The molecule has 0 amide bonds. The quantitative estimate of drug-likeness (QED) is 0.788. The molecule has 0 bridgehead atoms. The maximum atomic E-state index is 5.94. The SMILES string of the molecule is Nc1c(Br)cccc1-c1cccnc1. The van der Waals surface area contributed by atoms with Crippen LogP contribution in [0.15, 0.2) is 47.2 Å². The molecule has 2 N–H and O–H groups in total. The fourth-order valence-corrected chi connectivity index (χ4v) is 1.68. The summed E-state index contributed by atoms with van der Waals surface area (Å²) in [6, 6.07) is 9.76. The maximum Gasteiger partial charge on any atom is 0.0538 e. The van der Waals surface area contributed by atoms with Crippen LogP contribution >= 0.6 is 15.9 Å². The molecule has 0 aliphatic heterocycles. The molecule has 3 heteroatoms. The highest BCUT2D eigenvalue weighted by atomic mass is 79.9. The summed E-state index contributed by atoms with van der Waals surface area (Å²) in [5.74, 6) is 0. The van der Waals surface area contributed by atoms with Gasteiger partial charge in [-0.3, -0.25) is 4.98 Å². The van der Waals surface area contributed by atoms with Gasteiger partial charge in [-0.15, -0.1) is 0 Å². The first-order chi connectivity index (χ1) is 6.79. The molecule has 0 aliphatic carbocycles. The van der Waals surface area contributed by atoms with E-state index in [1.54, 1.807) is 12.4 Å². The Kier molecular flexibility index (Phi) is 2.50. The fraction of sp³-hybridized carbons (Fsp3) is 0. The molecule has 1 aromatic carbocycles. The molecule has 0 atom stereocenters.